The molecule has 0 radical (unpaired) electrons. The Morgan fingerprint density at radius 3 is 2.79 bits per heavy atom. The molecular weight excluding hydrogens is 376 g/mol. The molecule has 144 valence electrons. The van der Waals surface area contributed by atoms with Gasteiger partial charge in [-0.1, -0.05) is 6.92 Å². The molecule has 0 aliphatic carbocycles. The molecule has 8 nitrogen and oxygen atoms in total. The van der Waals surface area contributed by atoms with Crippen LogP contribution < -0.4 is 0 Å². The van der Waals surface area contributed by atoms with E-state index in [1.165, 1.54) is 11.3 Å². The number of aromatic nitrogens is 6. The SMILES string of the molecule is CCCn1nnnc1COC(=O)c1sc2nc(C)cc(C)c2c1-n1cccc1. The number of hydrogen-bond donors (Lipinski definition) is 0. The summed E-state index contributed by atoms with van der Waals surface area (Å²) in [6, 6.07) is 5.87. The number of fused-ring (bicyclic) bond motifs is 1. The Morgan fingerprint density at radius 2 is 2.04 bits per heavy atom. The number of hydrogen-bond acceptors (Lipinski definition) is 7. The van der Waals surface area contributed by atoms with E-state index in [2.05, 4.69) is 20.5 Å². The van der Waals surface area contributed by atoms with Crippen LogP contribution in [-0.4, -0.2) is 35.7 Å². The molecule has 0 bridgehead atoms. The molecule has 0 saturated heterocycles. The minimum absolute atomic E-state index is 0.0244. The van der Waals surface area contributed by atoms with Crippen molar-refractivity contribution in [1.82, 2.24) is 29.8 Å². The average molecular weight is 396 g/mol. The predicted molar refractivity (Wildman–Crippen MR) is 106 cm³/mol. The van der Waals surface area contributed by atoms with Crippen molar-refractivity contribution in [2.45, 2.75) is 40.3 Å². The van der Waals surface area contributed by atoms with Crippen molar-refractivity contribution in [3.05, 3.63) is 52.6 Å². The predicted octanol–water partition coefficient (Wildman–Crippen LogP) is 3.46. The normalized spacial score (nSPS) is 11.2. The Bertz CT molecular complexity index is 1130. The van der Waals surface area contributed by atoms with Gasteiger partial charge >= 0.3 is 5.97 Å². The molecule has 0 amide bonds. The molecule has 28 heavy (non-hydrogen) atoms. The van der Waals surface area contributed by atoms with Gasteiger partial charge in [0.2, 0.25) is 0 Å². The molecule has 0 aliphatic rings. The van der Waals surface area contributed by atoms with Crippen molar-refractivity contribution in [3.63, 3.8) is 0 Å². The number of esters is 1. The molecule has 0 saturated carbocycles. The van der Waals surface area contributed by atoms with Crippen LogP contribution in [0.4, 0.5) is 0 Å². The Labute approximate surface area is 165 Å². The van der Waals surface area contributed by atoms with Crippen LogP contribution in [0.15, 0.2) is 30.6 Å². The molecule has 0 spiro atoms. The van der Waals surface area contributed by atoms with Gasteiger partial charge in [0.05, 0.1) is 5.69 Å². The summed E-state index contributed by atoms with van der Waals surface area (Å²) >= 11 is 1.35. The Morgan fingerprint density at radius 1 is 1.25 bits per heavy atom. The summed E-state index contributed by atoms with van der Waals surface area (Å²) in [5.74, 6) is 0.124. The Kier molecular flexibility index (Phi) is 4.91. The quantitative estimate of drug-likeness (QED) is 0.464. The molecule has 9 heteroatoms. The monoisotopic (exact) mass is 396 g/mol. The minimum atomic E-state index is -0.408. The Balaban J connectivity index is 1.71. The summed E-state index contributed by atoms with van der Waals surface area (Å²) < 4.78 is 9.15. The summed E-state index contributed by atoms with van der Waals surface area (Å²) in [7, 11) is 0. The van der Waals surface area contributed by atoms with E-state index in [-0.39, 0.29) is 6.61 Å². The van der Waals surface area contributed by atoms with E-state index in [9.17, 15) is 4.79 Å². The van der Waals surface area contributed by atoms with Gasteiger partial charge in [-0.15, -0.1) is 16.4 Å². The highest BCUT2D eigenvalue weighted by Gasteiger charge is 2.24. The molecule has 0 unspecified atom stereocenters. The summed E-state index contributed by atoms with van der Waals surface area (Å²) in [6.45, 7) is 6.73. The minimum Gasteiger partial charge on any atom is -0.453 e. The molecular formula is C19H20N6O2S. The number of carbonyl (C=O) groups excluding carboxylic acids is 1. The van der Waals surface area contributed by atoms with Gasteiger partial charge in [0.1, 0.15) is 9.71 Å². The summed E-state index contributed by atoms with van der Waals surface area (Å²) in [4.78, 5) is 18.9. The third-order valence-corrected chi connectivity index (χ3v) is 5.44. The maximum Gasteiger partial charge on any atom is 0.351 e. The van der Waals surface area contributed by atoms with Crippen LogP contribution in [0.25, 0.3) is 15.9 Å². The number of thiophene rings is 1. The fraction of sp³-hybridized carbons (Fsp3) is 0.316. The first-order valence-electron chi connectivity index (χ1n) is 9.04. The van der Waals surface area contributed by atoms with Crippen LogP contribution in [0.3, 0.4) is 0 Å². The van der Waals surface area contributed by atoms with Crippen molar-refractivity contribution < 1.29 is 9.53 Å². The van der Waals surface area contributed by atoms with Gasteiger partial charge < -0.3 is 9.30 Å². The average Bonchev–Trinajstić information content (AvgIpc) is 3.39. The van der Waals surface area contributed by atoms with E-state index in [1.807, 2.05) is 55.9 Å². The van der Waals surface area contributed by atoms with Crippen molar-refractivity contribution in [3.8, 4) is 5.69 Å². The number of rotatable bonds is 6. The van der Waals surface area contributed by atoms with E-state index < -0.39 is 5.97 Å². The van der Waals surface area contributed by atoms with Crippen molar-refractivity contribution in [2.24, 2.45) is 0 Å². The van der Waals surface area contributed by atoms with Crippen LogP contribution in [0, 0.1) is 13.8 Å². The first kappa shape index (κ1) is 18.3. The van der Waals surface area contributed by atoms with Crippen LogP contribution in [0.5, 0.6) is 0 Å². The zero-order valence-electron chi connectivity index (χ0n) is 15.9. The zero-order chi connectivity index (χ0) is 19.7. The smallest absolute Gasteiger partial charge is 0.351 e. The molecule has 4 rings (SSSR count). The number of tetrazole rings is 1. The number of ether oxygens (including phenoxy) is 1. The van der Waals surface area contributed by atoms with E-state index in [0.29, 0.717) is 17.2 Å². The van der Waals surface area contributed by atoms with Gasteiger partial charge in [0.15, 0.2) is 12.4 Å². The van der Waals surface area contributed by atoms with Gasteiger partial charge in [-0.3, -0.25) is 0 Å². The Hall–Kier alpha value is -3.07. The van der Waals surface area contributed by atoms with Gasteiger partial charge in [0.25, 0.3) is 0 Å². The first-order chi connectivity index (χ1) is 13.6. The first-order valence-corrected chi connectivity index (χ1v) is 9.86. The van der Waals surface area contributed by atoms with Crippen LogP contribution in [0.1, 0.15) is 40.1 Å². The van der Waals surface area contributed by atoms with Crippen molar-refractivity contribution in [2.75, 3.05) is 0 Å². The van der Waals surface area contributed by atoms with Crippen LogP contribution in [0.2, 0.25) is 0 Å². The standard InChI is InChI=1S/C19H20N6O2S/c1-4-7-25-14(21-22-23-25)11-27-19(26)17-16(24-8-5-6-9-24)15-12(2)10-13(3)20-18(15)28-17/h5-6,8-10H,4,7,11H2,1-3H3. The zero-order valence-corrected chi connectivity index (χ0v) is 16.7. The highest BCUT2D eigenvalue weighted by atomic mass is 32.1. The molecule has 0 fully saturated rings. The highest BCUT2D eigenvalue weighted by molar-refractivity contribution is 7.21. The lowest BCUT2D eigenvalue weighted by molar-refractivity contribution is 0.0462. The number of carbonyl (C=O) groups is 1. The van der Waals surface area contributed by atoms with E-state index >= 15 is 0 Å². The van der Waals surface area contributed by atoms with Gasteiger partial charge in [-0.25, -0.2) is 14.5 Å². The topological polar surface area (TPSA) is 87.7 Å². The lowest BCUT2D eigenvalue weighted by atomic mass is 10.1. The molecule has 4 aromatic heterocycles. The second kappa shape index (κ2) is 7.51. The van der Waals surface area contributed by atoms with E-state index in [1.54, 1.807) is 4.68 Å². The second-order valence-electron chi connectivity index (χ2n) is 6.53. The molecule has 0 atom stereocenters. The van der Waals surface area contributed by atoms with Gasteiger partial charge in [0, 0.05) is 30.0 Å². The van der Waals surface area contributed by atoms with Gasteiger partial charge in [-0.2, -0.15) is 0 Å². The lowest BCUT2D eigenvalue weighted by Crippen LogP contribution is -2.11. The summed E-state index contributed by atoms with van der Waals surface area (Å²) in [5.41, 5.74) is 2.80. The van der Waals surface area contributed by atoms with Gasteiger partial charge in [-0.05, 0) is 54.5 Å². The van der Waals surface area contributed by atoms with E-state index in [4.69, 9.17) is 4.74 Å². The fourth-order valence-corrected chi connectivity index (χ4v) is 4.39. The maximum atomic E-state index is 13.0. The van der Waals surface area contributed by atoms with Crippen molar-refractivity contribution in [1.29, 1.82) is 0 Å². The molecule has 0 aliphatic heterocycles. The molecule has 4 heterocycles. The molecule has 4 aromatic rings. The highest BCUT2D eigenvalue weighted by Crippen LogP contribution is 2.36. The number of aryl methyl sites for hydroxylation is 3. The third kappa shape index (κ3) is 3.29. The van der Waals surface area contributed by atoms with Crippen LogP contribution in [-0.2, 0) is 17.9 Å². The number of pyridine rings is 1. The maximum absolute atomic E-state index is 13.0. The summed E-state index contributed by atoms with van der Waals surface area (Å²) in [6.07, 6.45) is 4.73. The third-order valence-electron chi connectivity index (χ3n) is 4.38. The van der Waals surface area contributed by atoms with Crippen molar-refractivity contribution >= 4 is 27.5 Å². The summed E-state index contributed by atoms with van der Waals surface area (Å²) in [5, 5.41) is 12.5. The number of nitrogens with zero attached hydrogens (tertiary/aromatic N) is 6. The van der Waals surface area contributed by atoms with E-state index in [0.717, 1.165) is 33.6 Å². The lowest BCUT2D eigenvalue weighted by Gasteiger charge is -2.08. The fourth-order valence-electron chi connectivity index (χ4n) is 3.20. The largest absolute Gasteiger partial charge is 0.453 e. The van der Waals surface area contributed by atoms with Crippen LogP contribution >= 0.6 is 11.3 Å². The second-order valence-corrected chi connectivity index (χ2v) is 7.52. The molecule has 0 aromatic carbocycles. The molecule has 0 N–H and O–H groups in total.